The van der Waals surface area contributed by atoms with Gasteiger partial charge in [-0.15, -0.1) is 0 Å². The van der Waals surface area contributed by atoms with E-state index in [1.807, 2.05) is 18.4 Å². The van der Waals surface area contributed by atoms with Crippen LogP contribution in [-0.4, -0.2) is 16.3 Å². The summed E-state index contributed by atoms with van der Waals surface area (Å²) in [5, 5.41) is 9.90. The molecule has 0 saturated carbocycles. The summed E-state index contributed by atoms with van der Waals surface area (Å²) in [4.78, 5) is 0. The third-order valence-electron chi connectivity index (χ3n) is 2.92. The van der Waals surface area contributed by atoms with Gasteiger partial charge in [-0.3, -0.25) is 0 Å². The summed E-state index contributed by atoms with van der Waals surface area (Å²) in [6.45, 7) is 4.62. The van der Waals surface area contributed by atoms with Crippen LogP contribution in [0.3, 0.4) is 0 Å². The summed E-state index contributed by atoms with van der Waals surface area (Å²) in [5.41, 5.74) is 3.16. The number of fused-ring (bicyclic) bond motifs is 1. The molecule has 2 aromatic rings. The van der Waals surface area contributed by atoms with Gasteiger partial charge in [0.2, 0.25) is 0 Å². The van der Waals surface area contributed by atoms with Crippen molar-refractivity contribution in [2.75, 3.05) is 6.61 Å². The number of rotatable bonds is 2. The largest absolute Gasteiger partial charge is 0.395 e. The minimum atomic E-state index is -0.216. The summed E-state index contributed by atoms with van der Waals surface area (Å²) in [5.74, 6) is -0.216. The number of aliphatic hydroxyl groups is 1. The van der Waals surface area contributed by atoms with Crippen molar-refractivity contribution in [1.29, 1.82) is 0 Å². The number of aryl methyl sites for hydroxylation is 1. The first-order valence-electron chi connectivity index (χ1n) is 5.01. The molecule has 0 aliphatic carbocycles. The lowest BCUT2D eigenvalue weighted by molar-refractivity contribution is 0.277. The third-order valence-corrected chi connectivity index (χ3v) is 2.92. The molecular formula is C12H14FNO. The van der Waals surface area contributed by atoms with Crippen LogP contribution in [0.2, 0.25) is 0 Å². The molecule has 0 aliphatic heterocycles. The fourth-order valence-corrected chi connectivity index (χ4v) is 2.01. The molecule has 0 amide bonds. The fourth-order valence-electron chi connectivity index (χ4n) is 2.01. The standard InChI is InChI=1S/C12H14FNO/c1-8-9(2)14(5-6-15)12-4-3-10(13)7-11(8)12/h3-4,7,15H,5-6H2,1-2H3. The maximum absolute atomic E-state index is 13.1. The van der Waals surface area contributed by atoms with Crippen molar-refractivity contribution in [3.63, 3.8) is 0 Å². The molecule has 1 aromatic carbocycles. The second-order valence-corrected chi connectivity index (χ2v) is 3.75. The molecule has 1 heterocycles. The molecule has 80 valence electrons. The van der Waals surface area contributed by atoms with Gasteiger partial charge < -0.3 is 9.67 Å². The fraction of sp³-hybridized carbons (Fsp3) is 0.333. The van der Waals surface area contributed by atoms with Gasteiger partial charge in [0.25, 0.3) is 0 Å². The number of aliphatic hydroxyl groups excluding tert-OH is 1. The Hall–Kier alpha value is -1.35. The number of halogens is 1. The Morgan fingerprint density at radius 3 is 2.73 bits per heavy atom. The van der Waals surface area contributed by atoms with E-state index in [2.05, 4.69) is 0 Å². The monoisotopic (exact) mass is 207 g/mol. The highest BCUT2D eigenvalue weighted by Crippen LogP contribution is 2.25. The average molecular weight is 207 g/mol. The van der Waals surface area contributed by atoms with Gasteiger partial charge in [0.05, 0.1) is 6.61 Å². The molecule has 2 rings (SSSR count). The van der Waals surface area contributed by atoms with Crippen molar-refractivity contribution in [3.8, 4) is 0 Å². The smallest absolute Gasteiger partial charge is 0.123 e. The topological polar surface area (TPSA) is 25.2 Å². The number of hydrogen-bond donors (Lipinski definition) is 1. The summed E-state index contributed by atoms with van der Waals surface area (Å²) >= 11 is 0. The quantitative estimate of drug-likeness (QED) is 0.803. The first kappa shape index (κ1) is 10.2. The van der Waals surface area contributed by atoms with E-state index in [1.54, 1.807) is 12.1 Å². The lowest BCUT2D eigenvalue weighted by Crippen LogP contribution is -2.03. The van der Waals surface area contributed by atoms with Gasteiger partial charge in [-0.1, -0.05) is 0 Å². The molecule has 1 N–H and O–H groups in total. The van der Waals surface area contributed by atoms with Gasteiger partial charge in [0.15, 0.2) is 0 Å². The molecule has 0 spiro atoms. The first-order valence-corrected chi connectivity index (χ1v) is 5.01. The highest BCUT2D eigenvalue weighted by atomic mass is 19.1. The van der Waals surface area contributed by atoms with Gasteiger partial charge in [0.1, 0.15) is 5.82 Å². The van der Waals surface area contributed by atoms with Crippen molar-refractivity contribution in [2.45, 2.75) is 20.4 Å². The molecule has 0 fully saturated rings. The Kier molecular flexibility index (Phi) is 2.49. The summed E-state index contributed by atoms with van der Waals surface area (Å²) in [6, 6.07) is 4.76. The van der Waals surface area contributed by atoms with Crippen LogP contribution < -0.4 is 0 Å². The van der Waals surface area contributed by atoms with E-state index in [1.165, 1.54) is 6.07 Å². The Morgan fingerprint density at radius 1 is 1.33 bits per heavy atom. The molecule has 0 bridgehead atoms. The normalized spacial score (nSPS) is 11.2. The molecule has 0 unspecified atom stereocenters. The molecule has 0 saturated heterocycles. The number of hydrogen-bond acceptors (Lipinski definition) is 1. The van der Waals surface area contributed by atoms with E-state index in [-0.39, 0.29) is 12.4 Å². The van der Waals surface area contributed by atoms with Crippen LogP contribution in [-0.2, 0) is 6.54 Å². The Balaban J connectivity index is 2.75. The van der Waals surface area contributed by atoms with Crippen LogP contribution in [0.4, 0.5) is 4.39 Å². The second kappa shape index (κ2) is 3.66. The van der Waals surface area contributed by atoms with Crippen molar-refractivity contribution in [3.05, 3.63) is 35.3 Å². The van der Waals surface area contributed by atoms with Crippen LogP contribution in [0.5, 0.6) is 0 Å². The van der Waals surface area contributed by atoms with Crippen LogP contribution >= 0.6 is 0 Å². The van der Waals surface area contributed by atoms with Gasteiger partial charge in [-0.2, -0.15) is 0 Å². The predicted molar refractivity (Wildman–Crippen MR) is 58.5 cm³/mol. The molecule has 1 aromatic heterocycles. The van der Waals surface area contributed by atoms with Gasteiger partial charge in [-0.05, 0) is 37.6 Å². The third kappa shape index (κ3) is 1.53. The van der Waals surface area contributed by atoms with E-state index in [4.69, 9.17) is 5.11 Å². The number of nitrogens with zero attached hydrogens (tertiary/aromatic N) is 1. The van der Waals surface area contributed by atoms with Gasteiger partial charge in [0, 0.05) is 23.1 Å². The Labute approximate surface area is 88.0 Å². The molecule has 2 nitrogen and oxygen atoms in total. The summed E-state index contributed by atoms with van der Waals surface area (Å²) < 4.78 is 15.1. The minimum absolute atomic E-state index is 0.0986. The van der Waals surface area contributed by atoms with Crippen LogP contribution in [0, 0.1) is 19.7 Å². The van der Waals surface area contributed by atoms with Gasteiger partial charge >= 0.3 is 0 Å². The average Bonchev–Trinajstić information content (AvgIpc) is 2.44. The lowest BCUT2D eigenvalue weighted by Gasteiger charge is -2.05. The van der Waals surface area contributed by atoms with Crippen LogP contribution in [0.15, 0.2) is 18.2 Å². The Bertz CT molecular complexity index is 502. The molecule has 0 aliphatic rings. The maximum atomic E-state index is 13.1. The summed E-state index contributed by atoms with van der Waals surface area (Å²) in [6.07, 6.45) is 0. The molecule has 0 radical (unpaired) electrons. The highest BCUT2D eigenvalue weighted by molar-refractivity contribution is 5.85. The highest BCUT2D eigenvalue weighted by Gasteiger charge is 2.10. The van der Waals surface area contributed by atoms with Crippen molar-refractivity contribution >= 4 is 10.9 Å². The van der Waals surface area contributed by atoms with Gasteiger partial charge in [-0.25, -0.2) is 4.39 Å². The second-order valence-electron chi connectivity index (χ2n) is 3.75. The molecule has 3 heteroatoms. The van der Waals surface area contributed by atoms with Crippen LogP contribution in [0.1, 0.15) is 11.3 Å². The zero-order chi connectivity index (χ0) is 11.0. The van der Waals surface area contributed by atoms with Crippen molar-refractivity contribution in [2.24, 2.45) is 0 Å². The van der Waals surface area contributed by atoms with E-state index >= 15 is 0 Å². The molecule has 0 atom stereocenters. The molecule has 15 heavy (non-hydrogen) atoms. The predicted octanol–water partition coefficient (Wildman–Crippen LogP) is 2.39. The Morgan fingerprint density at radius 2 is 2.07 bits per heavy atom. The van der Waals surface area contributed by atoms with E-state index in [0.717, 1.165) is 22.2 Å². The number of aromatic nitrogens is 1. The SMILES string of the molecule is Cc1c(C)n(CCO)c2ccc(F)cc12. The van der Waals surface area contributed by atoms with Crippen molar-refractivity contribution < 1.29 is 9.50 Å². The summed E-state index contributed by atoms with van der Waals surface area (Å²) in [7, 11) is 0. The zero-order valence-corrected chi connectivity index (χ0v) is 8.92. The zero-order valence-electron chi connectivity index (χ0n) is 8.92. The van der Waals surface area contributed by atoms with Crippen LogP contribution in [0.25, 0.3) is 10.9 Å². The van der Waals surface area contributed by atoms with E-state index < -0.39 is 0 Å². The van der Waals surface area contributed by atoms with E-state index in [0.29, 0.717) is 6.54 Å². The lowest BCUT2D eigenvalue weighted by atomic mass is 10.1. The number of benzene rings is 1. The molecular weight excluding hydrogens is 193 g/mol. The minimum Gasteiger partial charge on any atom is -0.395 e. The van der Waals surface area contributed by atoms with Crippen molar-refractivity contribution in [1.82, 2.24) is 4.57 Å². The maximum Gasteiger partial charge on any atom is 0.123 e. The first-order chi connectivity index (χ1) is 7.15. The van der Waals surface area contributed by atoms with E-state index in [9.17, 15) is 4.39 Å².